The molecule has 0 saturated heterocycles. The van der Waals surface area contributed by atoms with E-state index in [0.29, 0.717) is 6.54 Å². The van der Waals surface area contributed by atoms with E-state index in [1.165, 1.54) is 35.6 Å². The van der Waals surface area contributed by atoms with E-state index in [-0.39, 0.29) is 15.2 Å². The van der Waals surface area contributed by atoms with E-state index >= 15 is 0 Å². The van der Waals surface area contributed by atoms with Crippen LogP contribution in [0.2, 0.25) is 0 Å². The van der Waals surface area contributed by atoms with Gasteiger partial charge in [0.1, 0.15) is 0 Å². The number of nitrogens with zero attached hydrogens (tertiary/aromatic N) is 1. The third-order valence-corrected chi connectivity index (χ3v) is 5.70. The predicted octanol–water partition coefficient (Wildman–Crippen LogP) is 2.28. The summed E-state index contributed by atoms with van der Waals surface area (Å²) in [5.41, 5.74) is -0.179. The molecule has 0 amide bonds. The van der Waals surface area contributed by atoms with Gasteiger partial charge in [0.15, 0.2) is 0 Å². The van der Waals surface area contributed by atoms with Gasteiger partial charge in [0, 0.05) is 24.3 Å². The van der Waals surface area contributed by atoms with E-state index < -0.39 is 19.1 Å². The zero-order chi connectivity index (χ0) is 15.8. The van der Waals surface area contributed by atoms with Crippen LogP contribution in [0, 0.1) is 5.41 Å². The molecule has 1 rings (SSSR count). The Morgan fingerprint density at radius 3 is 1.75 bits per heavy atom. The van der Waals surface area contributed by atoms with Crippen molar-refractivity contribution in [2.45, 2.75) is 30.6 Å². The minimum atomic E-state index is -3.85. The molecule has 0 N–H and O–H groups in total. The molecule has 0 fully saturated rings. The number of hydrogen-bond donors (Lipinski definition) is 0. The van der Waals surface area contributed by atoms with Crippen LogP contribution in [-0.2, 0) is 19.1 Å². The lowest BCUT2D eigenvalue weighted by molar-refractivity contribution is 0.311. The first-order valence-electron chi connectivity index (χ1n) is 5.85. The van der Waals surface area contributed by atoms with Gasteiger partial charge in [-0.2, -0.15) is 0 Å². The van der Waals surface area contributed by atoms with E-state index in [9.17, 15) is 16.8 Å². The molecule has 0 radical (unpaired) electrons. The molecule has 0 saturated carbocycles. The van der Waals surface area contributed by atoms with Gasteiger partial charge in [0.25, 0.3) is 9.05 Å². The molecule has 20 heavy (non-hydrogen) atoms. The van der Waals surface area contributed by atoms with E-state index in [1.807, 2.05) is 20.8 Å². The lowest BCUT2D eigenvalue weighted by Crippen LogP contribution is -2.34. The van der Waals surface area contributed by atoms with E-state index in [2.05, 4.69) is 0 Å². The number of benzene rings is 1. The Bertz CT molecular complexity index is 673. The zero-order valence-corrected chi connectivity index (χ0v) is 14.2. The maximum absolute atomic E-state index is 12.3. The number of sulfonamides is 1. The van der Waals surface area contributed by atoms with Gasteiger partial charge in [-0.05, 0) is 29.7 Å². The molecule has 0 aromatic heterocycles. The van der Waals surface area contributed by atoms with Crippen molar-refractivity contribution in [2.24, 2.45) is 5.41 Å². The Hall–Kier alpha value is -0.630. The summed E-state index contributed by atoms with van der Waals surface area (Å²) in [4.78, 5) is -0.0927. The smallest absolute Gasteiger partial charge is 0.207 e. The Kier molecular flexibility index (Phi) is 4.91. The Labute approximate surface area is 125 Å². The summed E-state index contributed by atoms with van der Waals surface area (Å²) in [6.07, 6.45) is 0. The SMILES string of the molecule is CN(CC(C)(C)C)S(=O)(=O)c1ccc(S(=O)(=O)Cl)cc1. The standard InChI is InChI=1S/C12H18ClNO4S2/c1-12(2,3)9-14(4)20(17,18)11-7-5-10(6-8-11)19(13,15)16/h5-8H,9H2,1-4H3. The van der Waals surface area contributed by atoms with Crippen LogP contribution in [0.25, 0.3) is 0 Å². The van der Waals surface area contributed by atoms with Crippen molar-refractivity contribution in [1.82, 2.24) is 4.31 Å². The molecular weight excluding hydrogens is 322 g/mol. The second-order valence-corrected chi connectivity index (χ2v) is 10.3. The highest BCUT2D eigenvalue weighted by Gasteiger charge is 2.25. The molecule has 0 spiro atoms. The molecule has 1 aromatic carbocycles. The topological polar surface area (TPSA) is 71.5 Å². The van der Waals surface area contributed by atoms with Crippen LogP contribution in [0.1, 0.15) is 20.8 Å². The second-order valence-electron chi connectivity index (χ2n) is 5.73. The molecule has 0 heterocycles. The quantitative estimate of drug-likeness (QED) is 0.789. The molecule has 114 valence electrons. The van der Waals surface area contributed by atoms with Crippen LogP contribution in [-0.4, -0.2) is 34.7 Å². The largest absolute Gasteiger partial charge is 0.261 e. The van der Waals surface area contributed by atoms with Crippen molar-refractivity contribution in [3.8, 4) is 0 Å². The van der Waals surface area contributed by atoms with Crippen molar-refractivity contribution < 1.29 is 16.8 Å². The Morgan fingerprint density at radius 2 is 1.40 bits per heavy atom. The second kappa shape index (κ2) is 5.63. The molecule has 0 bridgehead atoms. The summed E-state index contributed by atoms with van der Waals surface area (Å²) in [5.74, 6) is 0. The van der Waals surface area contributed by atoms with Gasteiger partial charge in [-0.1, -0.05) is 20.8 Å². The first-order valence-corrected chi connectivity index (χ1v) is 9.60. The van der Waals surface area contributed by atoms with Gasteiger partial charge in [0.2, 0.25) is 10.0 Å². The molecule has 5 nitrogen and oxygen atoms in total. The van der Waals surface area contributed by atoms with Crippen LogP contribution in [0.5, 0.6) is 0 Å². The summed E-state index contributed by atoms with van der Waals surface area (Å²) in [6.45, 7) is 6.15. The minimum Gasteiger partial charge on any atom is -0.207 e. The summed E-state index contributed by atoms with van der Waals surface area (Å²) in [6, 6.07) is 4.84. The monoisotopic (exact) mass is 339 g/mol. The van der Waals surface area contributed by atoms with E-state index in [4.69, 9.17) is 10.7 Å². The van der Waals surface area contributed by atoms with Crippen molar-refractivity contribution >= 4 is 29.8 Å². The summed E-state index contributed by atoms with van der Waals surface area (Å²) >= 11 is 0. The van der Waals surface area contributed by atoms with Gasteiger partial charge < -0.3 is 0 Å². The lowest BCUT2D eigenvalue weighted by atomic mass is 9.97. The van der Waals surface area contributed by atoms with Gasteiger partial charge in [-0.3, -0.25) is 0 Å². The number of halogens is 1. The fraction of sp³-hybridized carbons (Fsp3) is 0.500. The third kappa shape index (κ3) is 4.44. The highest BCUT2D eigenvalue weighted by molar-refractivity contribution is 8.13. The maximum Gasteiger partial charge on any atom is 0.261 e. The molecule has 0 aliphatic rings. The van der Waals surface area contributed by atoms with Crippen LogP contribution in [0.15, 0.2) is 34.1 Å². The summed E-state index contributed by atoms with van der Waals surface area (Å²) < 4.78 is 48.1. The predicted molar refractivity (Wildman–Crippen MR) is 78.8 cm³/mol. The molecule has 0 atom stereocenters. The van der Waals surface area contributed by atoms with Crippen molar-refractivity contribution in [2.75, 3.05) is 13.6 Å². The van der Waals surface area contributed by atoms with Gasteiger partial charge >= 0.3 is 0 Å². The summed E-state index contributed by atoms with van der Waals surface area (Å²) in [5, 5.41) is 0. The average Bonchev–Trinajstić information content (AvgIpc) is 2.25. The molecule has 0 aliphatic heterocycles. The normalized spacial score (nSPS) is 13.7. The average molecular weight is 340 g/mol. The molecule has 0 aliphatic carbocycles. The zero-order valence-electron chi connectivity index (χ0n) is 11.8. The fourth-order valence-corrected chi connectivity index (χ4v) is 3.87. The highest BCUT2D eigenvalue weighted by Crippen LogP contribution is 2.22. The van der Waals surface area contributed by atoms with Crippen LogP contribution < -0.4 is 0 Å². The molecule has 8 heteroatoms. The number of rotatable bonds is 4. The fourth-order valence-electron chi connectivity index (χ4n) is 1.71. The van der Waals surface area contributed by atoms with E-state index in [1.54, 1.807) is 0 Å². The van der Waals surface area contributed by atoms with E-state index in [0.717, 1.165) is 0 Å². The minimum absolute atomic E-state index is 0.0355. The van der Waals surface area contributed by atoms with Gasteiger partial charge in [0.05, 0.1) is 9.79 Å². The lowest BCUT2D eigenvalue weighted by Gasteiger charge is -2.26. The highest BCUT2D eigenvalue weighted by atomic mass is 35.7. The van der Waals surface area contributed by atoms with Gasteiger partial charge in [-0.25, -0.2) is 21.1 Å². The summed E-state index contributed by atoms with van der Waals surface area (Å²) in [7, 11) is -0.809. The van der Waals surface area contributed by atoms with Crippen molar-refractivity contribution in [3.63, 3.8) is 0 Å². The van der Waals surface area contributed by atoms with Crippen molar-refractivity contribution in [1.29, 1.82) is 0 Å². The maximum atomic E-state index is 12.3. The first-order chi connectivity index (χ1) is 8.84. The van der Waals surface area contributed by atoms with Crippen LogP contribution in [0.3, 0.4) is 0 Å². The van der Waals surface area contributed by atoms with Gasteiger partial charge in [-0.15, -0.1) is 0 Å². The van der Waals surface area contributed by atoms with Crippen LogP contribution in [0.4, 0.5) is 0 Å². The number of hydrogen-bond acceptors (Lipinski definition) is 4. The van der Waals surface area contributed by atoms with Crippen molar-refractivity contribution in [3.05, 3.63) is 24.3 Å². The first kappa shape index (κ1) is 17.4. The van der Waals surface area contributed by atoms with Crippen LogP contribution >= 0.6 is 10.7 Å². The Morgan fingerprint density at radius 1 is 1.00 bits per heavy atom. The third-order valence-electron chi connectivity index (χ3n) is 2.51. The molecule has 0 unspecified atom stereocenters. The Balaban J connectivity index is 3.11. The molecular formula is C12H18ClNO4S2. The molecule has 1 aromatic rings.